The van der Waals surface area contributed by atoms with Crippen LogP contribution in [0.2, 0.25) is 0 Å². The summed E-state index contributed by atoms with van der Waals surface area (Å²) in [4.78, 5) is 11.8. The molecule has 0 saturated carbocycles. The van der Waals surface area contributed by atoms with E-state index in [-0.39, 0.29) is 18.3 Å². The first-order valence-corrected chi connectivity index (χ1v) is 12.7. The van der Waals surface area contributed by atoms with Crippen LogP contribution in [0, 0.1) is 5.82 Å². The van der Waals surface area contributed by atoms with Gasteiger partial charge in [0.2, 0.25) is 26.0 Å². The van der Waals surface area contributed by atoms with Crippen LogP contribution in [0.25, 0.3) is 0 Å². The Morgan fingerprint density at radius 3 is 2.10 bits per heavy atom. The molecule has 3 N–H and O–H groups in total. The minimum absolute atomic E-state index is 0.00201. The number of carbonyl (C=O) groups excluding carboxylic acids is 1. The number of hydrogen-bond donors (Lipinski definition) is 3. The number of sulfonamides is 2. The molecule has 0 radical (unpaired) electrons. The van der Waals surface area contributed by atoms with Gasteiger partial charge in [0.15, 0.2) is 0 Å². The third-order valence-electron chi connectivity index (χ3n) is 4.18. The standard InChI is InChI=1S/C20H26FN3O5S2/c1-14(2)23-30(26,27)13-17-9-5-4-8-16(17)12-22-20(25)15(3)24-31(28,29)19-11-7-6-10-18(19)21/h4-11,14-15,23-24H,12-13H2,1-3H3,(H,22,25)/t15-/m0/s1. The van der Waals surface area contributed by atoms with Crippen molar-refractivity contribution in [3.8, 4) is 0 Å². The van der Waals surface area contributed by atoms with Crippen molar-refractivity contribution in [2.24, 2.45) is 0 Å². The molecule has 2 rings (SSSR count). The summed E-state index contributed by atoms with van der Waals surface area (Å²) >= 11 is 0. The van der Waals surface area contributed by atoms with Gasteiger partial charge in [-0.15, -0.1) is 0 Å². The fourth-order valence-corrected chi connectivity index (χ4v) is 5.60. The van der Waals surface area contributed by atoms with Crippen molar-refractivity contribution in [3.63, 3.8) is 0 Å². The molecule has 0 bridgehead atoms. The summed E-state index contributed by atoms with van der Waals surface area (Å²) in [6.07, 6.45) is 0. The number of halogens is 1. The van der Waals surface area contributed by atoms with Crippen LogP contribution in [0.3, 0.4) is 0 Å². The van der Waals surface area contributed by atoms with Gasteiger partial charge in [0.25, 0.3) is 0 Å². The smallest absolute Gasteiger partial charge is 0.244 e. The second-order valence-corrected chi connectivity index (χ2v) is 10.7. The quantitative estimate of drug-likeness (QED) is 0.486. The minimum atomic E-state index is -4.24. The molecule has 0 fully saturated rings. The molecule has 0 aliphatic rings. The molecule has 0 spiro atoms. The fraction of sp³-hybridized carbons (Fsp3) is 0.350. The molecular weight excluding hydrogens is 445 g/mol. The number of nitrogens with one attached hydrogen (secondary N) is 3. The highest BCUT2D eigenvalue weighted by Gasteiger charge is 2.24. The first-order chi connectivity index (χ1) is 14.4. The Morgan fingerprint density at radius 2 is 1.48 bits per heavy atom. The fourth-order valence-electron chi connectivity index (χ4n) is 2.82. The Balaban J connectivity index is 2.05. The number of amides is 1. The Bertz CT molecular complexity index is 1140. The third-order valence-corrected chi connectivity index (χ3v) is 7.28. The molecule has 1 atom stereocenters. The Labute approximate surface area is 182 Å². The highest BCUT2D eigenvalue weighted by atomic mass is 32.2. The molecule has 2 aromatic carbocycles. The molecule has 11 heteroatoms. The van der Waals surface area contributed by atoms with E-state index in [2.05, 4.69) is 14.8 Å². The summed E-state index contributed by atoms with van der Waals surface area (Å²) in [6.45, 7) is 4.76. The van der Waals surface area contributed by atoms with Gasteiger partial charge in [0.05, 0.1) is 11.8 Å². The summed E-state index contributed by atoms with van der Waals surface area (Å²) in [5.41, 5.74) is 1.09. The Kier molecular flexibility index (Phi) is 8.29. The lowest BCUT2D eigenvalue weighted by atomic mass is 10.1. The SMILES string of the molecule is CC(C)NS(=O)(=O)Cc1ccccc1CNC(=O)[C@H](C)NS(=O)(=O)c1ccccc1F. The van der Waals surface area contributed by atoms with Crippen molar-refractivity contribution in [2.45, 2.75) is 50.0 Å². The molecule has 1 amide bonds. The predicted molar refractivity (Wildman–Crippen MR) is 115 cm³/mol. The maximum atomic E-state index is 13.8. The van der Waals surface area contributed by atoms with Gasteiger partial charge in [-0.1, -0.05) is 36.4 Å². The van der Waals surface area contributed by atoms with Crippen molar-refractivity contribution in [1.82, 2.24) is 14.8 Å². The van der Waals surface area contributed by atoms with Crippen LogP contribution in [-0.2, 0) is 37.1 Å². The zero-order chi connectivity index (χ0) is 23.2. The average molecular weight is 472 g/mol. The maximum absolute atomic E-state index is 13.8. The van der Waals surface area contributed by atoms with Crippen LogP contribution in [0.1, 0.15) is 31.9 Å². The lowest BCUT2D eigenvalue weighted by Crippen LogP contribution is -2.44. The topological polar surface area (TPSA) is 121 Å². The molecule has 0 saturated heterocycles. The first-order valence-electron chi connectivity index (χ1n) is 9.52. The highest BCUT2D eigenvalue weighted by Crippen LogP contribution is 2.15. The van der Waals surface area contributed by atoms with E-state index in [1.165, 1.54) is 19.1 Å². The predicted octanol–water partition coefficient (Wildman–Crippen LogP) is 1.64. The normalized spacial score (nSPS) is 13.2. The minimum Gasteiger partial charge on any atom is -0.351 e. The highest BCUT2D eigenvalue weighted by molar-refractivity contribution is 7.89. The van der Waals surface area contributed by atoms with Gasteiger partial charge in [0, 0.05) is 12.6 Å². The van der Waals surface area contributed by atoms with Gasteiger partial charge in [-0.2, -0.15) is 4.72 Å². The van der Waals surface area contributed by atoms with Crippen LogP contribution >= 0.6 is 0 Å². The number of rotatable bonds is 10. The van der Waals surface area contributed by atoms with Crippen LogP contribution < -0.4 is 14.8 Å². The molecule has 8 nitrogen and oxygen atoms in total. The van der Waals surface area contributed by atoms with E-state index < -0.39 is 42.7 Å². The zero-order valence-electron chi connectivity index (χ0n) is 17.4. The van der Waals surface area contributed by atoms with Crippen molar-refractivity contribution < 1.29 is 26.0 Å². The maximum Gasteiger partial charge on any atom is 0.244 e. The monoisotopic (exact) mass is 471 g/mol. The summed E-state index contributed by atoms with van der Waals surface area (Å²) < 4.78 is 67.5. The van der Waals surface area contributed by atoms with Gasteiger partial charge < -0.3 is 5.32 Å². The lowest BCUT2D eigenvalue weighted by Gasteiger charge is -2.16. The summed E-state index contributed by atoms with van der Waals surface area (Å²) in [6, 6.07) is 10.1. The van der Waals surface area contributed by atoms with Gasteiger partial charge >= 0.3 is 0 Å². The second-order valence-electron chi connectivity index (χ2n) is 7.29. The molecule has 0 aromatic heterocycles. The van der Waals surface area contributed by atoms with Crippen molar-refractivity contribution >= 4 is 26.0 Å². The van der Waals surface area contributed by atoms with E-state index in [9.17, 15) is 26.0 Å². The molecule has 31 heavy (non-hydrogen) atoms. The molecule has 0 heterocycles. The van der Waals surface area contributed by atoms with Crippen LogP contribution in [0.15, 0.2) is 53.4 Å². The Hall–Kier alpha value is -2.34. The summed E-state index contributed by atoms with van der Waals surface area (Å²) in [7, 11) is -7.80. The van der Waals surface area contributed by atoms with Gasteiger partial charge in [-0.3, -0.25) is 4.79 Å². The first kappa shape index (κ1) is 24.9. The van der Waals surface area contributed by atoms with E-state index in [1.54, 1.807) is 38.1 Å². The zero-order valence-corrected chi connectivity index (χ0v) is 19.1. The van der Waals surface area contributed by atoms with Crippen molar-refractivity contribution in [1.29, 1.82) is 0 Å². The van der Waals surface area contributed by atoms with Crippen molar-refractivity contribution in [3.05, 3.63) is 65.5 Å². The van der Waals surface area contributed by atoms with Gasteiger partial charge in [0.1, 0.15) is 10.7 Å². The van der Waals surface area contributed by atoms with E-state index in [4.69, 9.17) is 0 Å². The third kappa shape index (κ3) is 7.39. The van der Waals surface area contributed by atoms with E-state index in [0.717, 1.165) is 12.1 Å². The largest absolute Gasteiger partial charge is 0.351 e. The van der Waals surface area contributed by atoms with Crippen LogP contribution in [0.4, 0.5) is 4.39 Å². The number of hydrogen-bond acceptors (Lipinski definition) is 5. The van der Waals surface area contributed by atoms with Crippen LogP contribution in [0.5, 0.6) is 0 Å². The summed E-state index contributed by atoms with van der Waals surface area (Å²) in [5, 5.41) is 2.58. The Morgan fingerprint density at radius 1 is 0.903 bits per heavy atom. The average Bonchev–Trinajstić information content (AvgIpc) is 2.65. The molecule has 0 unspecified atom stereocenters. The lowest BCUT2D eigenvalue weighted by molar-refractivity contribution is -0.122. The molecule has 0 aliphatic carbocycles. The van der Waals surface area contributed by atoms with E-state index >= 15 is 0 Å². The molecule has 2 aromatic rings. The van der Waals surface area contributed by atoms with E-state index in [1.807, 2.05) is 0 Å². The molecule has 0 aliphatic heterocycles. The second kappa shape index (κ2) is 10.3. The van der Waals surface area contributed by atoms with Gasteiger partial charge in [-0.25, -0.2) is 25.9 Å². The number of benzene rings is 2. The molecule has 170 valence electrons. The summed E-state index contributed by atoms with van der Waals surface area (Å²) in [5.74, 6) is -1.82. The van der Waals surface area contributed by atoms with Crippen molar-refractivity contribution in [2.75, 3.05) is 0 Å². The van der Waals surface area contributed by atoms with Crippen LogP contribution in [-0.4, -0.2) is 34.8 Å². The number of carbonyl (C=O) groups is 1. The van der Waals surface area contributed by atoms with Gasteiger partial charge in [-0.05, 0) is 44.0 Å². The van der Waals surface area contributed by atoms with E-state index in [0.29, 0.717) is 11.1 Å². The molecular formula is C20H26FN3O5S2.